The van der Waals surface area contributed by atoms with E-state index in [2.05, 4.69) is 11.8 Å². The van der Waals surface area contributed by atoms with E-state index >= 15 is 0 Å². The second-order valence-electron chi connectivity index (χ2n) is 4.05. The summed E-state index contributed by atoms with van der Waals surface area (Å²) in [6.07, 6.45) is 10.6. The lowest BCUT2D eigenvalue weighted by molar-refractivity contribution is -0.172. The molecule has 2 rings (SSSR count). The highest BCUT2D eigenvalue weighted by atomic mass is 16.7. The number of hydrogen-bond acceptors (Lipinski definition) is 4. The third-order valence-electron chi connectivity index (χ3n) is 2.68. The van der Waals surface area contributed by atoms with Gasteiger partial charge in [-0.15, -0.1) is 17.9 Å². The number of terminal acetylenes is 2. The number of hydroxylamine groups is 2. The van der Waals surface area contributed by atoms with E-state index in [4.69, 9.17) is 17.7 Å². The molecule has 0 spiro atoms. The van der Waals surface area contributed by atoms with Gasteiger partial charge < -0.3 is 4.84 Å². The first-order chi connectivity index (χ1) is 9.55. The largest absolute Gasteiger partial charge is 0.364 e. The third kappa shape index (κ3) is 2.52. The molecule has 0 N–H and O–H groups in total. The highest BCUT2D eigenvalue weighted by Gasteiger charge is 2.33. The van der Waals surface area contributed by atoms with Crippen molar-refractivity contribution in [3.8, 4) is 24.7 Å². The van der Waals surface area contributed by atoms with Gasteiger partial charge in [0.1, 0.15) is 0 Å². The lowest BCUT2D eigenvalue weighted by Gasteiger charge is -2.12. The van der Waals surface area contributed by atoms with Crippen LogP contribution in [0.25, 0.3) is 0 Å². The fraction of sp³-hybridized carbons (Fsp3) is 0.133. The maximum atomic E-state index is 11.9. The van der Waals surface area contributed by atoms with Crippen LogP contribution in [0.2, 0.25) is 0 Å². The van der Waals surface area contributed by atoms with E-state index in [0.29, 0.717) is 16.2 Å². The Hall–Kier alpha value is -3.05. The molecule has 20 heavy (non-hydrogen) atoms. The molecule has 0 unspecified atom stereocenters. The molecule has 5 nitrogen and oxygen atoms in total. The van der Waals surface area contributed by atoms with Crippen molar-refractivity contribution in [2.45, 2.75) is 12.8 Å². The zero-order chi connectivity index (χ0) is 14.7. The summed E-state index contributed by atoms with van der Waals surface area (Å²) >= 11 is 0. The third-order valence-corrected chi connectivity index (χ3v) is 2.68. The van der Waals surface area contributed by atoms with Gasteiger partial charge in [0.2, 0.25) is 0 Å². The minimum atomic E-state index is -0.859. The smallest absolute Gasteiger partial charge is 0.325 e. The van der Waals surface area contributed by atoms with Crippen LogP contribution in [0.15, 0.2) is 18.2 Å². The van der Waals surface area contributed by atoms with E-state index in [9.17, 15) is 14.4 Å². The quantitative estimate of drug-likeness (QED) is 0.589. The summed E-state index contributed by atoms with van der Waals surface area (Å²) in [5.41, 5.74) is 0.902. The Morgan fingerprint density at radius 2 is 1.55 bits per heavy atom. The van der Waals surface area contributed by atoms with E-state index in [1.165, 1.54) is 12.1 Å². The number of rotatable bonds is 2. The molecule has 1 fully saturated rings. The van der Waals surface area contributed by atoms with E-state index in [1.807, 2.05) is 0 Å². The lowest BCUT2D eigenvalue weighted by Crippen LogP contribution is -2.32. The fourth-order valence-electron chi connectivity index (χ4n) is 1.71. The highest BCUT2D eigenvalue weighted by Crippen LogP contribution is 2.16. The van der Waals surface area contributed by atoms with Gasteiger partial charge in [-0.2, -0.15) is 0 Å². The van der Waals surface area contributed by atoms with Crippen LogP contribution in [0.4, 0.5) is 0 Å². The first kappa shape index (κ1) is 13.4. The van der Waals surface area contributed by atoms with Crippen LogP contribution in [0.1, 0.15) is 34.3 Å². The maximum absolute atomic E-state index is 11.9. The molecule has 1 aromatic rings. The zero-order valence-corrected chi connectivity index (χ0v) is 10.4. The Morgan fingerprint density at radius 3 is 2.00 bits per heavy atom. The molecule has 0 bridgehead atoms. The summed E-state index contributed by atoms with van der Waals surface area (Å²) in [5, 5.41) is 0.473. The Kier molecular flexibility index (Phi) is 3.54. The summed E-state index contributed by atoms with van der Waals surface area (Å²) < 4.78 is 0. The van der Waals surface area contributed by atoms with Gasteiger partial charge in [0, 0.05) is 24.0 Å². The van der Waals surface area contributed by atoms with Crippen LogP contribution in [0.5, 0.6) is 0 Å². The number of imide groups is 1. The molecule has 0 aliphatic carbocycles. The summed E-state index contributed by atoms with van der Waals surface area (Å²) in [6, 6.07) is 4.35. The molecule has 1 aliphatic heterocycles. The highest BCUT2D eigenvalue weighted by molar-refractivity contribution is 6.02. The molecule has 0 radical (unpaired) electrons. The Balaban J connectivity index is 2.26. The first-order valence-electron chi connectivity index (χ1n) is 5.71. The summed E-state index contributed by atoms with van der Waals surface area (Å²) in [6.45, 7) is 0. The van der Waals surface area contributed by atoms with Crippen molar-refractivity contribution in [1.82, 2.24) is 5.06 Å². The molecule has 1 aromatic carbocycles. The van der Waals surface area contributed by atoms with Gasteiger partial charge in [-0.05, 0) is 18.2 Å². The van der Waals surface area contributed by atoms with Crippen molar-refractivity contribution in [2.75, 3.05) is 0 Å². The number of benzene rings is 1. The standard InChI is InChI=1S/C15H9NO4/c1-3-10-7-11(4-2)9-12(8-10)15(19)20-16-13(17)5-6-14(16)18/h1-2,7-9H,5-6H2. The van der Waals surface area contributed by atoms with Crippen LogP contribution < -0.4 is 0 Å². The van der Waals surface area contributed by atoms with E-state index in [1.54, 1.807) is 6.07 Å². The van der Waals surface area contributed by atoms with Crippen molar-refractivity contribution < 1.29 is 19.2 Å². The van der Waals surface area contributed by atoms with E-state index < -0.39 is 17.8 Å². The molecule has 1 saturated heterocycles. The van der Waals surface area contributed by atoms with Gasteiger partial charge in [0.15, 0.2) is 0 Å². The minimum absolute atomic E-state index is 0.0338. The number of nitrogens with zero attached hydrogens (tertiary/aromatic N) is 1. The van der Waals surface area contributed by atoms with Crippen LogP contribution >= 0.6 is 0 Å². The second kappa shape index (κ2) is 5.29. The van der Waals surface area contributed by atoms with Crippen molar-refractivity contribution >= 4 is 17.8 Å². The minimum Gasteiger partial charge on any atom is -0.325 e. The van der Waals surface area contributed by atoms with Crippen LogP contribution in [-0.4, -0.2) is 22.8 Å². The van der Waals surface area contributed by atoms with Gasteiger partial charge in [-0.3, -0.25) is 9.59 Å². The topological polar surface area (TPSA) is 63.7 Å². The molecule has 0 saturated carbocycles. The molecule has 0 aromatic heterocycles. The van der Waals surface area contributed by atoms with Crippen molar-refractivity contribution in [3.63, 3.8) is 0 Å². The Labute approximate surface area is 115 Å². The molecule has 5 heteroatoms. The van der Waals surface area contributed by atoms with Crippen molar-refractivity contribution in [2.24, 2.45) is 0 Å². The molecule has 1 aliphatic rings. The zero-order valence-electron chi connectivity index (χ0n) is 10.4. The summed E-state index contributed by atoms with van der Waals surface area (Å²) in [4.78, 5) is 39.4. The molecule has 2 amide bonds. The maximum Gasteiger partial charge on any atom is 0.364 e. The Bertz CT molecular complexity index is 643. The van der Waals surface area contributed by atoms with Crippen LogP contribution in [-0.2, 0) is 14.4 Å². The van der Waals surface area contributed by atoms with Crippen molar-refractivity contribution in [1.29, 1.82) is 0 Å². The van der Waals surface area contributed by atoms with Gasteiger partial charge in [0.25, 0.3) is 11.8 Å². The monoisotopic (exact) mass is 267 g/mol. The fourth-order valence-corrected chi connectivity index (χ4v) is 1.71. The SMILES string of the molecule is C#Cc1cc(C#C)cc(C(=O)ON2C(=O)CCC2=O)c1. The lowest BCUT2D eigenvalue weighted by atomic mass is 10.1. The van der Waals surface area contributed by atoms with E-state index in [-0.39, 0.29) is 18.4 Å². The van der Waals surface area contributed by atoms with Gasteiger partial charge in [-0.1, -0.05) is 11.8 Å². The van der Waals surface area contributed by atoms with Crippen molar-refractivity contribution in [3.05, 3.63) is 34.9 Å². The molecule has 0 atom stereocenters. The second-order valence-corrected chi connectivity index (χ2v) is 4.05. The summed E-state index contributed by atoms with van der Waals surface area (Å²) in [7, 11) is 0. The predicted octanol–water partition coefficient (Wildman–Crippen LogP) is 0.870. The number of carbonyl (C=O) groups excluding carboxylic acids is 3. The first-order valence-corrected chi connectivity index (χ1v) is 5.71. The van der Waals surface area contributed by atoms with E-state index in [0.717, 1.165) is 0 Å². The average Bonchev–Trinajstić information content (AvgIpc) is 2.78. The molecular weight excluding hydrogens is 258 g/mol. The normalized spacial score (nSPS) is 13.8. The van der Waals surface area contributed by atoms with Gasteiger partial charge in [-0.25, -0.2) is 4.79 Å². The predicted molar refractivity (Wildman–Crippen MR) is 68.8 cm³/mol. The summed E-state index contributed by atoms with van der Waals surface area (Å²) in [5.74, 6) is 2.76. The van der Waals surface area contributed by atoms with Crippen LogP contribution in [0, 0.1) is 24.7 Å². The van der Waals surface area contributed by atoms with Crippen LogP contribution in [0.3, 0.4) is 0 Å². The molecular formula is C15H9NO4. The number of hydrogen-bond donors (Lipinski definition) is 0. The molecule has 98 valence electrons. The molecule has 1 heterocycles. The van der Waals surface area contributed by atoms with Gasteiger partial charge >= 0.3 is 5.97 Å². The average molecular weight is 267 g/mol. The Morgan fingerprint density at radius 1 is 1.05 bits per heavy atom. The van der Waals surface area contributed by atoms with Gasteiger partial charge in [0.05, 0.1) is 5.56 Å². The number of carbonyl (C=O) groups is 3. The number of amides is 2.